The molecule has 730 valence electrons. The second-order valence-corrected chi connectivity index (χ2v) is 36.5. The molecule has 8 aromatic rings. The minimum atomic E-state index is -5.13. The number of halogens is 1. The predicted octanol–water partition coefficient (Wildman–Crippen LogP) is 3.41. The summed E-state index contributed by atoms with van der Waals surface area (Å²) in [5.41, 5.74) is 16.1. The van der Waals surface area contributed by atoms with E-state index in [1.54, 1.807) is 64.2 Å². The number of imidazole rings is 2. The van der Waals surface area contributed by atoms with Gasteiger partial charge < -0.3 is 90.4 Å². The number of phosphoric ester groups is 1. The van der Waals surface area contributed by atoms with Crippen LogP contribution in [0.1, 0.15) is 119 Å². The molecule has 13 N–H and O–H groups in total. The van der Waals surface area contributed by atoms with Gasteiger partial charge in [0, 0.05) is 88.3 Å². The van der Waals surface area contributed by atoms with Crippen molar-refractivity contribution in [1.82, 2.24) is 80.4 Å². The van der Waals surface area contributed by atoms with Crippen molar-refractivity contribution >= 4 is 130 Å². The molecule has 3 aliphatic heterocycles. The molecule has 3 saturated heterocycles. The highest BCUT2D eigenvalue weighted by Crippen LogP contribution is 2.65. The molecule has 0 saturated carbocycles. The fraction of sp³-hybridized carbons (Fsp3) is 0.549. The number of Topliss-reactive ketones (excluding diaryl/α,β-unsaturated/α-hetero) is 5. The van der Waals surface area contributed by atoms with Crippen molar-refractivity contribution in [3.8, 4) is 0 Å². The summed E-state index contributed by atoms with van der Waals surface area (Å²) in [6.07, 6.45) is -2.97. The van der Waals surface area contributed by atoms with Gasteiger partial charge in [-0.2, -0.15) is 4.98 Å². The maximum absolute atomic E-state index is 16.6. The number of phosphoric acid groups is 1. The molecule has 52 heteroatoms. The predicted molar refractivity (Wildman–Crippen MR) is 473 cm³/mol. The van der Waals surface area contributed by atoms with Crippen LogP contribution in [0.5, 0.6) is 0 Å². The van der Waals surface area contributed by atoms with E-state index in [0.717, 1.165) is 17.7 Å². The summed E-state index contributed by atoms with van der Waals surface area (Å²) < 4.78 is 121. The highest BCUT2D eigenvalue weighted by Gasteiger charge is 2.53. The van der Waals surface area contributed by atoms with Gasteiger partial charge in [-0.1, -0.05) is 38.1 Å². The number of carbonyl (C=O) groups excluding carboxylic acids is 8. The number of nitrogen functional groups attached to an aromatic ring is 2. The minimum Gasteiger partial charge on any atom is -0.480 e. The van der Waals surface area contributed by atoms with Gasteiger partial charge in [0.25, 0.3) is 17.0 Å². The van der Waals surface area contributed by atoms with Crippen LogP contribution in [0.3, 0.4) is 0 Å². The number of H-pyrrole nitrogens is 2. The number of hydroxylamine groups is 1. The standard InChI is InChI=1S/C55H77FN12O21P2S.C27H33N7O8/c1-33(2)39(21-38(70)24-80-16-15-79-13-11-59-44(72)27-82-17-14-78-12-5-6-37(69)23-81-18-19-83-58-4)53(73)66-34(3)40(71)20-35-7-9-36(10-8-35)28-92-91(77)85-26-43-49(46(56)55(87-43)68-32-64-47-50(57)60-29-61-51(47)68)89-90(75,76)84-25-42-41(88-91)22-45(86-42)67-31-65-48-52(67)62-30-63-54(48)74;1-16(35)15-42-12-11-41-10-2-3-20(36)8-9-21(26(39)40)32-24(37)17-4-6-18(7-5-17)29-13-19-14-30-23-22(31-19)25(38)34-27(28)33-23/h7-10,29-34,39,41-43,45-46,49,55,58H,5-6,11-28H2,1-4H3,(H,59,72)(H,66,73)(H,75,76)(H2,57,60,61)(H,62,63,74);4-7,14,21,29H,2-3,8-13,15H2,1H3,(H,32,37)(H,39,40)(H3,28,30,33,34,38)/t34-,39-,41-,42+,43+,45+,46+,49+,55+,91?;/m0./s1. The molecule has 11 rings (SSSR count). The van der Waals surface area contributed by atoms with Gasteiger partial charge in [0.15, 0.2) is 69.3 Å². The van der Waals surface area contributed by atoms with Crippen LogP contribution in [0.25, 0.3) is 33.5 Å². The van der Waals surface area contributed by atoms with Crippen LogP contribution in [-0.4, -0.2) is 290 Å². The summed E-state index contributed by atoms with van der Waals surface area (Å²) in [6.45, 7) is 3.68. The first-order valence-electron chi connectivity index (χ1n) is 42.8. The maximum Gasteiger partial charge on any atom is 0.472 e. The molecule has 48 nitrogen and oxygen atoms in total. The number of nitrogens with one attached hydrogen (secondary N) is 7. The fourth-order valence-electron chi connectivity index (χ4n) is 13.5. The number of benzene rings is 2. The number of nitrogens with two attached hydrogens (primary N) is 2. The summed E-state index contributed by atoms with van der Waals surface area (Å²) in [7, 11) is -3.49. The Morgan fingerprint density at radius 1 is 0.672 bits per heavy atom. The monoisotopic (exact) mass is 1940 g/mol. The van der Waals surface area contributed by atoms with Gasteiger partial charge in [0.05, 0.1) is 116 Å². The summed E-state index contributed by atoms with van der Waals surface area (Å²) >= 11 is 0.768. The van der Waals surface area contributed by atoms with Crippen molar-refractivity contribution < 1.29 is 132 Å². The number of nitrogens with zero attached hydrogens (tertiary/aromatic N) is 10. The largest absolute Gasteiger partial charge is 0.480 e. The first-order valence-corrected chi connectivity index (χ1v) is 47.4. The maximum atomic E-state index is 16.6. The average molecular weight is 1940 g/mol. The first-order chi connectivity index (χ1) is 64.3. The van der Waals surface area contributed by atoms with Gasteiger partial charge in [-0.05, 0) is 85.8 Å². The number of ether oxygens (including phenoxy) is 9. The molecule has 0 radical (unpaired) electrons. The highest BCUT2D eigenvalue weighted by molar-refractivity contribution is 8.54. The lowest BCUT2D eigenvalue weighted by Gasteiger charge is -2.28. The normalized spacial score (nSPS) is 20.3. The van der Waals surface area contributed by atoms with Gasteiger partial charge >= 0.3 is 20.6 Å². The fourth-order valence-corrected chi connectivity index (χ4v) is 17.9. The van der Waals surface area contributed by atoms with E-state index in [-0.39, 0.29) is 215 Å². The average Bonchev–Trinajstić information content (AvgIpc) is 1.61. The summed E-state index contributed by atoms with van der Waals surface area (Å²) in [4.78, 5) is 189. The molecular formula is C82H110FN19O29P2S. The Labute approximate surface area is 769 Å². The SMILES string of the molecule is CC(=O)COCCOCCCC(=O)CCC(NC(=O)c1ccc(NCc2cnc3nc(N)[nH]c(=O)c3n2)cc1)C(=O)O.CNOCCOCC(=O)CCCOCCOCC(=O)NCCOCCOCC(=O)C[C@H](C(=O)N[C@@H](C)C(=O)Cc1ccc(CSP2(=O)OC[C@H]3O[C@@H](n4cnc5c(N)ncnc54)[C@H](F)[C@@H]3OP(=O)(O)OC[C@H]3O[C@@H](n4cnc5c(=O)[nH]cnc54)C[C@@H]3O2)cc1)C(C)C. The van der Waals surface area contributed by atoms with Gasteiger partial charge in [-0.25, -0.2) is 58.7 Å². The topological polar surface area (TPSA) is 648 Å². The quantitative estimate of drug-likeness (QED) is 0.0148. The van der Waals surface area contributed by atoms with Crippen molar-refractivity contribution in [1.29, 1.82) is 0 Å². The van der Waals surface area contributed by atoms with Gasteiger partial charge in [-0.3, -0.25) is 85.0 Å². The third kappa shape index (κ3) is 33.1. The molecule has 3 unspecified atom stereocenters. The van der Waals surface area contributed by atoms with Crippen LogP contribution in [0.2, 0.25) is 0 Å². The van der Waals surface area contributed by atoms with E-state index in [4.69, 9.17) is 77.0 Å². The second-order valence-electron chi connectivity index (χ2n) is 31.0. The van der Waals surface area contributed by atoms with E-state index < -0.39 is 118 Å². The van der Waals surface area contributed by atoms with Gasteiger partial charge in [-0.15, -0.1) is 0 Å². The zero-order valence-corrected chi connectivity index (χ0v) is 76.7. The number of fused-ring (bicyclic) bond motifs is 5. The van der Waals surface area contributed by atoms with E-state index in [2.05, 4.69) is 76.6 Å². The summed E-state index contributed by atoms with van der Waals surface area (Å²) in [5, 5.41) is 20.5. The molecule has 6 aromatic heterocycles. The molecule has 3 aliphatic rings. The second kappa shape index (κ2) is 53.0. The molecule has 9 heterocycles. The van der Waals surface area contributed by atoms with Crippen molar-refractivity contribution in [3.63, 3.8) is 0 Å². The van der Waals surface area contributed by atoms with E-state index in [9.17, 15) is 67.3 Å². The number of aliphatic carboxylic acids is 1. The number of carbonyl (C=O) groups is 9. The van der Waals surface area contributed by atoms with Crippen LogP contribution in [0.4, 0.5) is 21.8 Å². The van der Waals surface area contributed by atoms with Crippen molar-refractivity contribution in [2.45, 2.75) is 153 Å². The Bertz CT molecular complexity index is 5490. The van der Waals surface area contributed by atoms with Crippen molar-refractivity contribution in [2.24, 2.45) is 11.8 Å². The number of amides is 3. The molecule has 0 spiro atoms. The van der Waals surface area contributed by atoms with E-state index in [1.807, 2.05) is 0 Å². The molecule has 134 heavy (non-hydrogen) atoms. The Hall–Kier alpha value is -10.7. The smallest absolute Gasteiger partial charge is 0.472 e. The summed E-state index contributed by atoms with van der Waals surface area (Å²) in [5.74, 6) is -4.57. The number of aromatic amines is 2. The molecular weight excluding hydrogens is 1830 g/mol. The lowest BCUT2D eigenvalue weighted by molar-refractivity contribution is -0.139. The highest BCUT2D eigenvalue weighted by atomic mass is 32.7. The molecule has 12 atom stereocenters. The summed E-state index contributed by atoms with van der Waals surface area (Å²) in [6, 6.07) is 10.9. The number of carboxylic acid groups (broad SMARTS) is 1. The van der Waals surface area contributed by atoms with E-state index >= 15 is 8.96 Å². The molecule has 3 amide bonds. The van der Waals surface area contributed by atoms with Gasteiger partial charge in [0.2, 0.25) is 17.8 Å². The first kappa shape index (κ1) is 105. The number of hydrogen-bond donors (Lipinski definition) is 11. The van der Waals surface area contributed by atoms with E-state index in [1.165, 1.54) is 53.4 Å². The number of anilines is 3. The zero-order chi connectivity index (χ0) is 96.3. The van der Waals surface area contributed by atoms with Crippen LogP contribution < -0.4 is 49.3 Å². The zero-order valence-electron chi connectivity index (χ0n) is 74.1. The van der Waals surface area contributed by atoms with Crippen molar-refractivity contribution in [3.05, 3.63) is 123 Å². The van der Waals surface area contributed by atoms with Crippen molar-refractivity contribution in [2.75, 3.05) is 143 Å². The third-order valence-corrected chi connectivity index (χ3v) is 25.1. The Morgan fingerprint density at radius 3 is 2.03 bits per heavy atom. The number of alkyl halides is 1. The lowest BCUT2D eigenvalue weighted by atomic mass is 9.89. The molecule has 2 aromatic carbocycles. The molecule has 0 aliphatic carbocycles. The van der Waals surface area contributed by atoms with Crippen LogP contribution >= 0.6 is 26.0 Å². The van der Waals surface area contributed by atoms with E-state index in [0.29, 0.717) is 74.8 Å². The Balaban J connectivity index is 0.000000369. The van der Waals surface area contributed by atoms with Gasteiger partial charge in [0.1, 0.15) is 80.7 Å². The Kier molecular flexibility index (Phi) is 41.6. The Morgan fingerprint density at radius 2 is 1.32 bits per heavy atom. The number of ketones is 5. The number of aromatic nitrogens is 12. The van der Waals surface area contributed by atoms with Crippen LogP contribution in [0, 0.1) is 11.8 Å². The number of carboxylic acids is 1. The van der Waals surface area contributed by atoms with Crippen LogP contribution in [-0.2, 0) is 132 Å². The lowest BCUT2D eigenvalue weighted by Crippen LogP contribution is -2.44. The number of hydrogen-bond acceptors (Lipinski definition) is 40. The number of rotatable bonds is 54. The molecule has 3 fully saturated rings. The molecule has 0 bridgehead atoms. The minimum absolute atomic E-state index is 0.000674. The third-order valence-electron chi connectivity index (χ3n) is 20.5. The van der Waals surface area contributed by atoms with Crippen LogP contribution in [0.15, 0.2) is 89.6 Å².